The Morgan fingerprint density at radius 1 is 1.24 bits per heavy atom. The third-order valence-corrected chi connectivity index (χ3v) is 7.86. The molecule has 1 atom stereocenters. The Hall–Kier alpha value is -1.20. The number of hydrogen-bond donors (Lipinski definition) is 2. The van der Waals surface area contributed by atoms with Crippen molar-refractivity contribution < 1.29 is 13.2 Å². The van der Waals surface area contributed by atoms with E-state index in [4.69, 9.17) is 9.73 Å². The number of nitrogens with one attached hydrogen (secondary N) is 2. The molecule has 3 rings (SSSR count). The van der Waals surface area contributed by atoms with Gasteiger partial charge in [0.25, 0.3) is 0 Å². The molecule has 1 unspecified atom stereocenters. The van der Waals surface area contributed by atoms with Crippen LogP contribution in [-0.2, 0) is 14.6 Å². The molecule has 2 aliphatic rings. The summed E-state index contributed by atoms with van der Waals surface area (Å²) in [5.74, 6) is 1.35. The molecule has 0 amide bonds. The number of guanidine groups is 1. The van der Waals surface area contributed by atoms with Crippen LogP contribution in [0.1, 0.15) is 17.8 Å². The van der Waals surface area contributed by atoms with Crippen molar-refractivity contribution in [3.8, 4) is 0 Å². The predicted octanol–water partition coefficient (Wildman–Crippen LogP) is 0.407. The molecule has 0 spiro atoms. The number of ether oxygens (including phenoxy) is 1. The zero-order valence-corrected chi connectivity index (χ0v) is 18.8. The van der Waals surface area contributed by atoms with Gasteiger partial charge in [-0.3, -0.25) is 14.8 Å². The van der Waals surface area contributed by atoms with E-state index < -0.39 is 9.84 Å². The number of rotatable bonds is 8. The van der Waals surface area contributed by atoms with Crippen LogP contribution in [0, 0.1) is 0 Å². The summed E-state index contributed by atoms with van der Waals surface area (Å²) < 4.78 is 28.6. The topological polar surface area (TPSA) is 86.3 Å². The van der Waals surface area contributed by atoms with Gasteiger partial charge >= 0.3 is 0 Å². The summed E-state index contributed by atoms with van der Waals surface area (Å²) in [6.45, 7) is 9.76. The standard InChI is InChI=1S/C19H33N5O3S2/c1-2-20-19(21-5-6-23-9-14-29(25,26)15-10-23)22-16-17(18-4-3-13-28-18)24-7-11-27-12-8-24/h3-4,13,17H,2,5-12,14-16H2,1H3,(H2,20,21,22). The number of sulfone groups is 1. The lowest BCUT2D eigenvalue weighted by Gasteiger charge is -2.33. The molecular weight excluding hydrogens is 410 g/mol. The summed E-state index contributed by atoms with van der Waals surface area (Å²) in [4.78, 5) is 10.8. The predicted molar refractivity (Wildman–Crippen MR) is 119 cm³/mol. The average Bonchev–Trinajstić information content (AvgIpc) is 3.25. The normalized spacial score (nSPS) is 22.3. The van der Waals surface area contributed by atoms with E-state index in [1.165, 1.54) is 4.88 Å². The SMILES string of the molecule is CCNC(=NCC(c1cccs1)N1CCOCC1)NCCN1CCS(=O)(=O)CC1. The molecule has 164 valence electrons. The summed E-state index contributed by atoms with van der Waals surface area (Å²) in [5.41, 5.74) is 0. The van der Waals surface area contributed by atoms with Crippen molar-refractivity contribution in [1.29, 1.82) is 0 Å². The van der Waals surface area contributed by atoms with E-state index in [2.05, 4.69) is 44.9 Å². The fourth-order valence-corrected chi connectivity index (χ4v) is 5.71. The zero-order valence-electron chi connectivity index (χ0n) is 17.2. The third kappa shape index (κ3) is 7.21. The maximum atomic E-state index is 11.6. The van der Waals surface area contributed by atoms with E-state index >= 15 is 0 Å². The highest BCUT2D eigenvalue weighted by molar-refractivity contribution is 7.91. The van der Waals surface area contributed by atoms with E-state index in [1.54, 1.807) is 11.3 Å². The zero-order chi connectivity index (χ0) is 20.5. The van der Waals surface area contributed by atoms with Crippen LogP contribution in [0.5, 0.6) is 0 Å². The van der Waals surface area contributed by atoms with E-state index in [1.807, 2.05) is 0 Å². The lowest BCUT2D eigenvalue weighted by Crippen LogP contribution is -2.46. The summed E-state index contributed by atoms with van der Waals surface area (Å²) in [7, 11) is -2.83. The van der Waals surface area contributed by atoms with Gasteiger partial charge < -0.3 is 15.4 Å². The molecule has 2 aliphatic heterocycles. The summed E-state index contributed by atoms with van der Waals surface area (Å²) in [5, 5.41) is 8.84. The third-order valence-electron chi connectivity index (χ3n) is 5.28. The van der Waals surface area contributed by atoms with Crippen molar-refractivity contribution in [3.05, 3.63) is 22.4 Å². The molecule has 1 aromatic rings. The van der Waals surface area contributed by atoms with Crippen LogP contribution >= 0.6 is 11.3 Å². The lowest BCUT2D eigenvalue weighted by molar-refractivity contribution is 0.0186. The minimum absolute atomic E-state index is 0.265. The first-order chi connectivity index (χ1) is 14.1. The van der Waals surface area contributed by atoms with Gasteiger partial charge in [-0.15, -0.1) is 11.3 Å². The number of hydrogen-bond acceptors (Lipinski definition) is 7. The van der Waals surface area contributed by atoms with Crippen molar-refractivity contribution >= 4 is 27.1 Å². The molecule has 8 nitrogen and oxygen atoms in total. The molecule has 2 saturated heterocycles. The smallest absolute Gasteiger partial charge is 0.191 e. The van der Waals surface area contributed by atoms with E-state index in [0.717, 1.165) is 51.9 Å². The first-order valence-electron chi connectivity index (χ1n) is 10.4. The maximum absolute atomic E-state index is 11.6. The second-order valence-corrected chi connectivity index (χ2v) is 10.6. The number of thiophene rings is 1. The van der Waals surface area contributed by atoms with Gasteiger partial charge in [-0.1, -0.05) is 6.07 Å². The lowest BCUT2D eigenvalue weighted by atomic mass is 10.2. The molecule has 0 aromatic carbocycles. The molecule has 2 N–H and O–H groups in total. The molecule has 3 heterocycles. The molecule has 2 fully saturated rings. The monoisotopic (exact) mass is 443 g/mol. The minimum atomic E-state index is -2.83. The second kappa shape index (κ2) is 11.3. The van der Waals surface area contributed by atoms with Crippen molar-refractivity contribution in [2.45, 2.75) is 13.0 Å². The largest absolute Gasteiger partial charge is 0.379 e. The number of aliphatic imine (C=N–C) groups is 1. The molecular formula is C19H33N5O3S2. The van der Waals surface area contributed by atoms with Gasteiger partial charge in [0.2, 0.25) is 0 Å². The van der Waals surface area contributed by atoms with Crippen LogP contribution < -0.4 is 10.6 Å². The van der Waals surface area contributed by atoms with Crippen molar-refractivity contribution in [3.63, 3.8) is 0 Å². The maximum Gasteiger partial charge on any atom is 0.191 e. The Bertz CT molecular complexity index is 719. The van der Waals surface area contributed by atoms with E-state index in [-0.39, 0.29) is 17.5 Å². The second-order valence-electron chi connectivity index (χ2n) is 7.32. The molecule has 0 aliphatic carbocycles. The van der Waals surface area contributed by atoms with Crippen LogP contribution in [0.2, 0.25) is 0 Å². The molecule has 10 heteroatoms. The van der Waals surface area contributed by atoms with Gasteiger partial charge in [0.1, 0.15) is 0 Å². The van der Waals surface area contributed by atoms with Gasteiger partial charge in [0, 0.05) is 50.7 Å². The van der Waals surface area contributed by atoms with E-state index in [0.29, 0.717) is 19.6 Å². The molecule has 29 heavy (non-hydrogen) atoms. The summed E-state index contributed by atoms with van der Waals surface area (Å²) >= 11 is 1.78. The Morgan fingerprint density at radius 3 is 2.66 bits per heavy atom. The van der Waals surface area contributed by atoms with Gasteiger partial charge in [0.05, 0.1) is 37.3 Å². The van der Waals surface area contributed by atoms with Crippen molar-refractivity contribution in [2.75, 3.05) is 77.1 Å². The van der Waals surface area contributed by atoms with Crippen molar-refractivity contribution in [1.82, 2.24) is 20.4 Å². The van der Waals surface area contributed by atoms with Crippen LogP contribution in [0.3, 0.4) is 0 Å². The molecule has 0 bridgehead atoms. The number of nitrogens with zero attached hydrogens (tertiary/aromatic N) is 3. The van der Waals surface area contributed by atoms with E-state index in [9.17, 15) is 8.42 Å². The molecule has 0 radical (unpaired) electrons. The molecule has 0 saturated carbocycles. The highest BCUT2D eigenvalue weighted by atomic mass is 32.2. The first kappa shape index (κ1) is 22.5. The Labute approximate surface area is 178 Å². The van der Waals surface area contributed by atoms with Gasteiger partial charge in [-0.05, 0) is 18.4 Å². The summed E-state index contributed by atoms with van der Waals surface area (Å²) in [6.07, 6.45) is 0. The fraction of sp³-hybridized carbons (Fsp3) is 0.737. The number of morpholine rings is 1. The quantitative estimate of drug-likeness (QED) is 0.444. The molecule has 1 aromatic heterocycles. The first-order valence-corrected chi connectivity index (χ1v) is 13.1. The van der Waals surface area contributed by atoms with Gasteiger partial charge in [0.15, 0.2) is 15.8 Å². The van der Waals surface area contributed by atoms with Crippen LogP contribution in [0.15, 0.2) is 22.5 Å². The minimum Gasteiger partial charge on any atom is -0.379 e. The summed E-state index contributed by atoms with van der Waals surface area (Å²) in [6, 6.07) is 4.55. The average molecular weight is 444 g/mol. The Kier molecular flexibility index (Phi) is 8.73. The van der Waals surface area contributed by atoms with Crippen LogP contribution in [0.25, 0.3) is 0 Å². The van der Waals surface area contributed by atoms with Crippen LogP contribution in [0.4, 0.5) is 0 Å². The Morgan fingerprint density at radius 2 is 2.00 bits per heavy atom. The highest BCUT2D eigenvalue weighted by Gasteiger charge is 2.24. The van der Waals surface area contributed by atoms with Crippen molar-refractivity contribution in [2.24, 2.45) is 4.99 Å². The van der Waals surface area contributed by atoms with Gasteiger partial charge in [-0.2, -0.15) is 0 Å². The van der Waals surface area contributed by atoms with Gasteiger partial charge in [-0.25, -0.2) is 8.42 Å². The Balaban J connectivity index is 1.53. The highest BCUT2D eigenvalue weighted by Crippen LogP contribution is 2.26. The fourth-order valence-electron chi connectivity index (χ4n) is 3.58. The van der Waals surface area contributed by atoms with Crippen LogP contribution in [-0.4, -0.2) is 101 Å².